The van der Waals surface area contributed by atoms with E-state index in [0.717, 1.165) is 31.1 Å². The van der Waals surface area contributed by atoms with E-state index < -0.39 is 5.91 Å². The minimum Gasteiger partial charge on any atom is -0.384 e. The van der Waals surface area contributed by atoms with Crippen molar-refractivity contribution >= 4 is 17.4 Å². The highest BCUT2D eigenvalue weighted by atomic mass is 16.1. The highest BCUT2D eigenvalue weighted by molar-refractivity contribution is 5.99. The number of primary amides is 1. The molecule has 0 aliphatic heterocycles. The van der Waals surface area contributed by atoms with Gasteiger partial charge in [0.15, 0.2) is 0 Å². The number of rotatable bonds is 6. The molecule has 1 aromatic heterocycles. The second-order valence-corrected chi connectivity index (χ2v) is 4.88. The van der Waals surface area contributed by atoms with Crippen LogP contribution in [-0.4, -0.2) is 24.0 Å². The number of nitrogen functional groups attached to an aromatic ring is 1. The Balaban J connectivity index is 2.29. The average molecular weight is 248 g/mol. The summed E-state index contributed by atoms with van der Waals surface area (Å²) in [6.07, 6.45) is 5.23. The number of nitrogens with two attached hydrogens (primary N) is 2. The van der Waals surface area contributed by atoms with Crippen molar-refractivity contribution in [1.82, 2.24) is 4.98 Å². The van der Waals surface area contributed by atoms with Crippen molar-refractivity contribution in [3.05, 3.63) is 17.8 Å². The van der Waals surface area contributed by atoms with Crippen LogP contribution in [0.25, 0.3) is 0 Å². The van der Waals surface area contributed by atoms with Crippen LogP contribution < -0.4 is 16.4 Å². The number of aromatic nitrogens is 1. The molecule has 1 saturated carbocycles. The smallest absolute Gasteiger partial charge is 0.251 e. The van der Waals surface area contributed by atoms with Gasteiger partial charge in [0.1, 0.15) is 5.82 Å². The Morgan fingerprint density at radius 1 is 1.56 bits per heavy atom. The summed E-state index contributed by atoms with van der Waals surface area (Å²) in [6.45, 7) is 4.00. The number of anilines is 2. The van der Waals surface area contributed by atoms with Crippen molar-refractivity contribution in [3.8, 4) is 0 Å². The van der Waals surface area contributed by atoms with Gasteiger partial charge < -0.3 is 16.4 Å². The molecule has 0 bridgehead atoms. The van der Waals surface area contributed by atoms with Crippen molar-refractivity contribution in [1.29, 1.82) is 0 Å². The molecule has 5 nitrogen and oxygen atoms in total. The Labute approximate surface area is 107 Å². The third kappa shape index (κ3) is 2.91. The molecule has 0 aromatic carbocycles. The number of hydrogen-bond donors (Lipinski definition) is 2. The van der Waals surface area contributed by atoms with Crippen molar-refractivity contribution in [2.24, 2.45) is 11.7 Å². The Hall–Kier alpha value is -1.78. The van der Waals surface area contributed by atoms with Crippen LogP contribution in [0.15, 0.2) is 12.3 Å². The van der Waals surface area contributed by atoms with Gasteiger partial charge in [-0.25, -0.2) is 4.98 Å². The van der Waals surface area contributed by atoms with Crippen LogP contribution in [-0.2, 0) is 0 Å². The zero-order valence-electron chi connectivity index (χ0n) is 10.7. The maximum atomic E-state index is 11.5. The summed E-state index contributed by atoms with van der Waals surface area (Å²) in [5.41, 5.74) is 12.3. The SMILES string of the molecule is CCCN(CC1CC1)c1cnc(N)cc1C(N)=O. The molecule has 1 heterocycles. The Kier molecular flexibility index (Phi) is 3.69. The second kappa shape index (κ2) is 5.25. The predicted octanol–water partition coefficient (Wildman–Crippen LogP) is 1.39. The molecule has 2 rings (SSSR count). The van der Waals surface area contributed by atoms with E-state index in [0.29, 0.717) is 11.4 Å². The molecule has 0 radical (unpaired) electrons. The van der Waals surface area contributed by atoms with Crippen molar-refractivity contribution < 1.29 is 4.79 Å². The van der Waals surface area contributed by atoms with E-state index in [1.54, 1.807) is 12.3 Å². The lowest BCUT2D eigenvalue weighted by Gasteiger charge is -2.25. The van der Waals surface area contributed by atoms with E-state index >= 15 is 0 Å². The maximum Gasteiger partial charge on any atom is 0.251 e. The quantitative estimate of drug-likeness (QED) is 0.796. The van der Waals surface area contributed by atoms with E-state index in [-0.39, 0.29) is 0 Å². The number of pyridine rings is 1. The summed E-state index contributed by atoms with van der Waals surface area (Å²) in [7, 11) is 0. The highest BCUT2D eigenvalue weighted by Crippen LogP contribution is 2.32. The van der Waals surface area contributed by atoms with Crippen LogP contribution in [0.5, 0.6) is 0 Å². The van der Waals surface area contributed by atoms with E-state index in [4.69, 9.17) is 11.5 Å². The molecule has 1 aromatic rings. The Bertz CT molecular complexity index is 443. The van der Waals surface area contributed by atoms with E-state index in [2.05, 4.69) is 16.8 Å². The first-order valence-corrected chi connectivity index (χ1v) is 6.42. The molecule has 0 saturated heterocycles. The molecule has 0 unspecified atom stereocenters. The minimum atomic E-state index is -0.448. The van der Waals surface area contributed by atoms with Gasteiger partial charge in [-0.05, 0) is 31.2 Å². The third-order valence-corrected chi connectivity index (χ3v) is 3.18. The number of hydrogen-bond acceptors (Lipinski definition) is 4. The minimum absolute atomic E-state index is 0.329. The van der Waals surface area contributed by atoms with E-state index in [1.165, 1.54) is 12.8 Å². The number of carbonyl (C=O) groups is 1. The van der Waals surface area contributed by atoms with Gasteiger partial charge in [-0.1, -0.05) is 6.92 Å². The Morgan fingerprint density at radius 2 is 2.28 bits per heavy atom. The first-order chi connectivity index (χ1) is 8.61. The number of nitrogens with zero attached hydrogens (tertiary/aromatic N) is 2. The summed E-state index contributed by atoms with van der Waals surface area (Å²) in [5, 5.41) is 0. The molecule has 0 spiro atoms. The topological polar surface area (TPSA) is 85.2 Å². The van der Waals surface area contributed by atoms with Gasteiger partial charge in [-0.3, -0.25) is 4.79 Å². The molecule has 98 valence electrons. The normalized spacial score (nSPS) is 14.5. The van der Waals surface area contributed by atoms with Gasteiger partial charge in [-0.15, -0.1) is 0 Å². The largest absolute Gasteiger partial charge is 0.384 e. The lowest BCUT2D eigenvalue weighted by atomic mass is 10.1. The fraction of sp³-hybridized carbons (Fsp3) is 0.538. The lowest BCUT2D eigenvalue weighted by Crippen LogP contribution is -2.29. The summed E-state index contributed by atoms with van der Waals surface area (Å²) >= 11 is 0. The van der Waals surface area contributed by atoms with Crippen LogP contribution in [0.1, 0.15) is 36.5 Å². The summed E-state index contributed by atoms with van der Waals surface area (Å²) in [5.74, 6) is 0.626. The highest BCUT2D eigenvalue weighted by Gasteiger charge is 2.26. The van der Waals surface area contributed by atoms with E-state index in [9.17, 15) is 4.79 Å². The Morgan fingerprint density at radius 3 is 2.83 bits per heavy atom. The van der Waals surface area contributed by atoms with Gasteiger partial charge in [0.2, 0.25) is 0 Å². The number of carbonyl (C=O) groups excluding carboxylic acids is 1. The van der Waals surface area contributed by atoms with E-state index in [1.807, 2.05) is 0 Å². The average Bonchev–Trinajstić information content (AvgIpc) is 3.12. The van der Waals surface area contributed by atoms with Crippen molar-refractivity contribution in [2.75, 3.05) is 23.7 Å². The molecule has 1 aliphatic carbocycles. The standard InChI is InChI=1S/C13H20N4O/c1-2-5-17(8-9-3-4-9)11-7-16-12(14)6-10(11)13(15)18/h6-7,9H,2-5,8H2,1H3,(H2,14,16)(H2,15,18). The first kappa shape index (κ1) is 12.7. The molecular weight excluding hydrogens is 228 g/mol. The van der Waals surface area contributed by atoms with Crippen LogP contribution in [0.4, 0.5) is 11.5 Å². The summed E-state index contributed by atoms with van der Waals surface area (Å²) in [6, 6.07) is 1.56. The molecule has 1 aliphatic rings. The van der Waals surface area contributed by atoms with Crippen LogP contribution in [0.2, 0.25) is 0 Å². The fourth-order valence-corrected chi connectivity index (χ4v) is 2.11. The summed E-state index contributed by atoms with van der Waals surface area (Å²) in [4.78, 5) is 17.8. The van der Waals surface area contributed by atoms with Gasteiger partial charge in [-0.2, -0.15) is 0 Å². The maximum absolute atomic E-state index is 11.5. The first-order valence-electron chi connectivity index (χ1n) is 6.42. The predicted molar refractivity (Wildman–Crippen MR) is 72.4 cm³/mol. The molecular formula is C13H20N4O. The van der Waals surface area contributed by atoms with Gasteiger partial charge in [0.05, 0.1) is 17.4 Å². The van der Waals surface area contributed by atoms with Crippen LogP contribution in [0.3, 0.4) is 0 Å². The fourth-order valence-electron chi connectivity index (χ4n) is 2.11. The molecule has 1 amide bonds. The van der Waals surface area contributed by atoms with Crippen LogP contribution >= 0.6 is 0 Å². The zero-order chi connectivity index (χ0) is 13.1. The second-order valence-electron chi connectivity index (χ2n) is 4.88. The third-order valence-electron chi connectivity index (χ3n) is 3.18. The molecule has 1 fully saturated rings. The molecule has 4 N–H and O–H groups in total. The van der Waals surface area contributed by atoms with Crippen molar-refractivity contribution in [2.45, 2.75) is 26.2 Å². The van der Waals surface area contributed by atoms with Gasteiger partial charge in [0, 0.05) is 13.1 Å². The molecule has 5 heteroatoms. The van der Waals surface area contributed by atoms with Gasteiger partial charge >= 0.3 is 0 Å². The van der Waals surface area contributed by atoms with Gasteiger partial charge in [0.25, 0.3) is 5.91 Å². The van der Waals surface area contributed by atoms with Crippen LogP contribution in [0, 0.1) is 5.92 Å². The molecule has 18 heavy (non-hydrogen) atoms. The van der Waals surface area contributed by atoms with Crippen molar-refractivity contribution in [3.63, 3.8) is 0 Å². The monoisotopic (exact) mass is 248 g/mol. The zero-order valence-corrected chi connectivity index (χ0v) is 10.7. The number of amides is 1. The molecule has 0 atom stereocenters. The summed E-state index contributed by atoms with van der Waals surface area (Å²) < 4.78 is 0. The lowest BCUT2D eigenvalue weighted by molar-refractivity contribution is 0.100.